The van der Waals surface area contributed by atoms with Crippen molar-refractivity contribution < 1.29 is 4.52 Å². The molecule has 0 atom stereocenters. The second kappa shape index (κ2) is 8.56. The monoisotopic (exact) mass is 406 g/mol. The van der Waals surface area contributed by atoms with Crippen LogP contribution in [0.1, 0.15) is 55.8 Å². The number of fused-ring (bicyclic) bond motifs is 1. The third-order valence-electron chi connectivity index (χ3n) is 4.41. The normalized spacial score (nSPS) is 11.8. The number of thiophene rings is 1. The number of rotatable bonds is 8. The van der Waals surface area contributed by atoms with Crippen molar-refractivity contribution in [2.45, 2.75) is 71.3 Å². The molecule has 27 heavy (non-hydrogen) atoms. The third kappa shape index (κ3) is 4.43. The van der Waals surface area contributed by atoms with Crippen molar-refractivity contribution in [1.29, 1.82) is 0 Å². The second-order valence-corrected chi connectivity index (χ2v) is 9.30. The van der Waals surface area contributed by atoms with Gasteiger partial charge in [0.1, 0.15) is 4.83 Å². The molecule has 0 N–H and O–H groups in total. The fourth-order valence-corrected chi connectivity index (χ4v) is 4.79. The molecule has 0 aliphatic carbocycles. The first kappa shape index (κ1) is 20.1. The van der Waals surface area contributed by atoms with Crippen molar-refractivity contribution >= 4 is 33.3 Å². The molecule has 0 radical (unpaired) electrons. The fraction of sp³-hybridized carbons (Fsp3) is 0.579. The summed E-state index contributed by atoms with van der Waals surface area (Å²) in [6.07, 6.45) is 2.77. The van der Waals surface area contributed by atoms with Crippen LogP contribution in [0.25, 0.3) is 10.2 Å². The van der Waals surface area contributed by atoms with Crippen molar-refractivity contribution in [2.75, 3.05) is 0 Å². The standard InChI is InChI=1S/C19H26N4O2S2/c1-6-7-8-23-18(24)16-12(4)13(5)27-17(16)21-19(23)26-10-15-20-14(22-25-15)9-11(2)3/h11H,6-10H2,1-5H3. The van der Waals surface area contributed by atoms with E-state index in [1.165, 1.54) is 11.8 Å². The first-order valence-electron chi connectivity index (χ1n) is 9.35. The Bertz CT molecular complexity index is 988. The molecule has 0 spiro atoms. The summed E-state index contributed by atoms with van der Waals surface area (Å²) in [5, 5.41) is 5.52. The van der Waals surface area contributed by atoms with E-state index in [1.54, 1.807) is 15.9 Å². The maximum absolute atomic E-state index is 13.1. The maximum Gasteiger partial charge on any atom is 0.263 e. The van der Waals surface area contributed by atoms with Crippen LogP contribution in [0.15, 0.2) is 14.5 Å². The molecule has 0 fully saturated rings. The summed E-state index contributed by atoms with van der Waals surface area (Å²) in [4.78, 5) is 24.3. The Morgan fingerprint density at radius 2 is 2.04 bits per heavy atom. The minimum atomic E-state index is 0.0591. The molecule has 0 aliphatic heterocycles. The van der Waals surface area contributed by atoms with Crippen molar-refractivity contribution in [1.82, 2.24) is 19.7 Å². The van der Waals surface area contributed by atoms with Gasteiger partial charge in [0.25, 0.3) is 5.56 Å². The van der Waals surface area contributed by atoms with Crippen LogP contribution in [0.2, 0.25) is 0 Å². The average molecular weight is 407 g/mol. The largest absolute Gasteiger partial charge is 0.338 e. The SMILES string of the molecule is CCCCn1c(SCc2nc(CC(C)C)no2)nc2sc(C)c(C)c2c1=O. The number of aromatic nitrogens is 4. The molecule has 0 amide bonds. The number of aryl methyl sites for hydroxylation is 2. The van der Waals surface area contributed by atoms with E-state index in [0.717, 1.165) is 50.9 Å². The van der Waals surface area contributed by atoms with Crippen LogP contribution in [0.3, 0.4) is 0 Å². The number of hydrogen-bond donors (Lipinski definition) is 0. The van der Waals surface area contributed by atoms with Gasteiger partial charge < -0.3 is 4.52 Å². The van der Waals surface area contributed by atoms with Gasteiger partial charge in [-0.25, -0.2) is 4.98 Å². The lowest BCUT2D eigenvalue weighted by Crippen LogP contribution is -2.23. The first-order valence-corrected chi connectivity index (χ1v) is 11.2. The highest BCUT2D eigenvalue weighted by Crippen LogP contribution is 2.29. The second-order valence-electron chi connectivity index (χ2n) is 7.16. The number of nitrogens with zero attached hydrogens (tertiary/aromatic N) is 4. The summed E-state index contributed by atoms with van der Waals surface area (Å²) in [6.45, 7) is 11.1. The van der Waals surface area contributed by atoms with Gasteiger partial charge in [-0.2, -0.15) is 4.98 Å². The molecular weight excluding hydrogens is 380 g/mol. The molecule has 0 saturated carbocycles. The molecule has 0 saturated heterocycles. The Hall–Kier alpha value is -1.67. The van der Waals surface area contributed by atoms with Crippen molar-refractivity contribution in [2.24, 2.45) is 5.92 Å². The van der Waals surface area contributed by atoms with Crippen LogP contribution in [0.5, 0.6) is 0 Å². The van der Waals surface area contributed by atoms with Crippen molar-refractivity contribution in [3.8, 4) is 0 Å². The first-order chi connectivity index (χ1) is 12.9. The van der Waals surface area contributed by atoms with Gasteiger partial charge in [0.05, 0.1) is 11.1 Å². The molecule has 0 unspecified atom stereocenters. The topological polar surface area (TPSA) is 73.8 Å². The molecule has 0 aliphatic rings. The molecule has 3 heterocycles. The summed E-state index contributed by atoms with van der Waals surface area (Å²) in [6, 6.07) is 0. The van der Waals surface area contributed by atoms with Gasteiger partial charge in [-0.15, -0.1) is 11.3 Å². The Kier molecular flexibility index (Phi) is 6.37. The van der Waals surface area contributed by atoms with Gasteiger partial charge >= 0.3 is 0 Å². The molecular formula is C19H26N4O2S2. The predicted octanol–water partition coefficient (Wildman–Crippen LogP) is 4.75. The van der Waals surface area contributed by atoms with Crippen molar-refractivity contribution in [3.05, 3.63) is 32.5 Å². The summed E-state index contributed by atoms with van der Waals surface area (Å²) in [5.74, 6) is 2.30. The third-order valence-corrected chi connectivity index (χ3v) is 6.48. The molecule has 3 aromatic rings. The lowest BCUT2D eigenvalue weighted by atomic mass is 10.1. The van der Waals surface area contributed by atoms with Gasteiger partial charge in [0, 0.05) is 17.8 Å². The highest BCUT2D eigenvalue weighted by atomic mass is 32.2. The Morgan fingerprint density at radius 1 is 1.26 bits per heavy atom. The quantitative estimate of drug-likeness (QED) is 0.397. The molecule has 6 nitrogen and oxygen atoms in total. The highest BCUT2D eigenvalue weighted by molar-refractivity contribution is 7.98. The van der Waals surface area contributed by atoms with Crippen LogP contribution in [0.4, 0.5) is 0 Å². The minimum absolute atomic E-state index is 0.0591. The van der Waals surface area contributed by atoms with E-state index in [4.69, 9.17) is 9.51 Å². The summed E-state index contributed by atoms with van der Waals surface area (Å²) in [5.41, 5.74) is 1.10. The van der Waals surface area contributed by atoms with E-state index in [0.29, 0.717) is 24.1 Å². The van der Waals surface area contributed by atoms with Crippen LogP contribution >= 0.6 is 23.1 Å². The number of unbranched alkanes of at least 4 members (excludes halogenated alkanes) is 1. The van der Waals surface area contributed by atoms with Crippen LogP contribution in [0, 0.1) is 19.8 Å². The van der Waals surface area contributed by atoms with Crippen LogP contribution in [-0.2, 0) is 18.7 Å². The van der Waals surface area contributed by atoms with E-state index in [9.17, 15) is 4.79 Å². The fourth-order valence-electron chi connectivity index (χ4n) is 2.86. The zero-order valence-electron chi connectivity index (χ0n) is 16.5. The maximum atomic E-state index is 13.1. The molecule has 3 aromatic heterocycles. The van der Waals surface area contributed by atoms with E-state index in [1.807, 2.05) is 13.8 Å². The van der Waals surface area contributed by atoms with Gasteiger partial charge in [-0.3, -0.25) is 9.36 Å². The smallest absolute Gasteiger partial charge is 0.263 e. The van der Waals surface area contributed by atoms with Crippen LogP contribution in [-0.4, -0.2) is 19.7 Å². The summed E-state index contributed by atoms with van der Waals surface area (Å²) in [7, 11) is 0. The lowest BCUT2D eigenvalue weighted by Gasteiger charge is -2.11. The minimum Gasteiger partial charge on any atom is -0.338 e. The van der Waals surface area contributed by atoms with Crippen LogP contribution < -0.4 is 5.56 Å². The zero-order chi connectivity index (χ0) is 19.6. The van der Waals surface area contributed by atoms with Crippen molar-refractivity contribution in [3.63, 3.8) is 0 Å². The number of hydrogen-bond acceptors (Lipinski definition) is 7. The van der Waals surface area contributed by atoms with E-state index >= 15 is 0 Å². The molecule has 8 heteroatoms. The zero-order valence-corrected chi connectivity index (χ0v) is 18.2. The Labute approximate surface area is 167 Å². The molecule has 146 valence electrons. The summed E-state index contributed by atoms with van der Waals surface area (Å²) < 4.78 is 7.16. The highest BCUT2D eigenvalue weighted by Gasteiger charge is 2.17. The predicted molar refractivity (Wildman–Crippen MR) is 111 cm³/mol. The van der Waals surface area contributed by atoms with E-state index in [2.05, 4.69) is 30.9 Å². The number of thioether (sulfide) groups is 1. The molecule has 0 aromatic carbocycles. The molecule has 0 bridgehead atoms. The van der Waals surface area contributed by atoms with Gasteiger partial charge in [0.15, 0.2) is 11.0 Å². The Balaban J connectivity index is 1.90. The lowest BCUT2D eigenvalue weighted by molar-refractivity contribution is 0.382. The Morgan fingerprint density at radius 3 is 2.74 bits per heavy atom. The van der Waals surface area contributed by atoms with Gasteiger partial charge in [-0.1, -0.05) is 44.1 Å². The van der Waals surface area contributed by atoms with E-state index < -0.39 is 0 Å². The average Bonchev–Trinajstić information content (AvgIpc) is 3.16. The summed E-state index contributed by atoms with van der Waals surface area (Å²) >= 11 is 3.07. The van der Waals surface area contributed by atoms with Gasteiger partial charge in [-0.05, 0) is 31.7 Å². The van der Waals surface area contributed by atoms with Gasteiger partial charge in [0.2, 0.25) is 5.89 Å². The van der Waals surface area contributed by atoms with E-state index in [-0.39, 0.29) is 5.56 Å². The molecule has 3 rings (SSSR count).